The van der Waals surface area contributed by atoms with E-state index in [2.05, 4.69) is 4.99 Å². The number of rotatable bonds is 5. The first-order chi connectivity index (χ1) is 14.6. The van der Waals surface area contributed by atoms with Crippen LogP contribution in [0.3, 0.4) is 0 Å². The molecule has 1 aromatic carbocycles. The molecule has 0 unspecified atom stereocenters. The highest BCUT2D eigenvalue weighted by atomic mass is 32.1. The number of esters is 1. The average Bonchev–Trinajstić information content (AvgIpc) is 3.37. The number of benzene rings is 1. The predicted molar refractivity (Wildman–Crippen MR) is 115 cm³/mol. The normalized spacial score (nSPS) is 16.6. The quantitative estimate of drug-likeness (QED) is 0.595. The molecule has 1 aliphatic rings. The number of carbonyl (C=O) groups excluding carboxylic acids is 1. The zero-order valence-corrected chi connectivity index (χ0v) is 17.4. The Hall–Kier alpha value is -3.45. The minimum absolute atomic E-state index is 0.229. The van der Waals surface area contributed by atoms with Crippen LogP contribution in [0.25, 0.3) is 12.2 Å². The first kappa shape index (κ1) is 19.8. The summed E-state index contributed by atoms with van der Waals surface area (Å²) in [5.41, 5.74) is 1.63. The topological polar surface area (TPSA) is 73.8 Å². The van der Waals surface area contributed by atoms with Crippen molar-refractivity contribution in [3.63, 3.8) is 0 Å². The summed E-state index contributed by atoms with van der Waals surface area (Å²) in [6.45, 7) is 3.72. The van der Waals surface area contributed by atoms with Gasteiger partial charge in [0.05, 0.1) is 28.7 Å². The third-order valence-corrected chi connectivity index (χ3v) is 5.67. The number of ether oxygens (including phenoxy) is 1. The summed E-state index contributed by atoms with van der Waals surface area (Å²) in [5.74, 6) is -0.0155. The van der Waals surface area contributed by atoms with Crippen molar-refractivity contribution in [1.29, 1.82) is 0 Å². The van der Waals surface area contributed by atoms with E-state index >= 15 is 0 Å². The lowest BCUT2D eigenvalue weighted by molar-refractivity contribution is -0.139. The molecule has 0 spiro atoms. The molecule has 4 rings (SSSR count). The Balaban J connectivity index is 1.83. The van der Waals surface area contributed by atoms with Crippen molar-refractivity contribution in [3.05, 3.63) is 97.1 Å². The maximum absolute atomic E-state index is 13.2. The second-order valence-corrected chi connectivity index (χ2v) is 7.62. The van der Waals surface area contributed by atoms with Gasteiger partial charge in [0.25, 0.3) is 5.56 Å². The number of thiazole rings is 1. The van der Waals surface area contributed by atoms with Crippen LogP contribution in [0.2, 0.25) is 0 Å². The molecule has 30 heavy (non-hydrogen) atoms. The van der Waals surface area contributed by atoms with E-state index in [1.807, 2.05) is 42.5 Å². The molecule has 0 amide bonds. The number of hydrogen-bond donors (Lipinski definition) is 0. The van der Waals surface area contributed by atoms with Gasteiger partial charge in [-0.05, 0) is 37.6 Å². The van der Waals surface area contributed by atoms with E-state index in [-0.39, 0.29) is 12.2 Å². The molecule has 0 saturated heterocycles. The molecule has 0 N–H and O–H groups in total. The molecule has 152 valence electrons. The Morgan fingerprint density at radius 3 is 2.77 bits per heavy atom. The number of allylic oxidation sites excluding steroid dienone is 2. The summed E-state index contributed by atoms with van der Waals surface area (Å²) < 4.78 is 12.8. The number of fused-ring (bicyclic) bond motifs is 1. The summed E-state index contributed by atoms with van der Waals surface area (Å²) in [5, 5.41) is 0. The van der Waals surface area contributed by atoms with Crippen molar-refractivity contribution in [1.82, 2.24) is 4.57 Å². The van der Waals surface area contributed by atoms with Crippen LogP contribution in [0.15, 0.2) is 80.3 Å². The SMILES string of the molecule is CCOC(=O)C1=C(C)N=c2s/c(=C/C=C/c3ccccc3)c(=O)n2[C@@H]1c1ccco1. The van der Waals surface area contributed by atoms with Gasteiger partial charge in [-0.3, -0.25) is 9.36 Å². The number of nitrogens with zero attached hydrogens (tertiary/aromatic N) is 2. The summed E-state index contributed by atoms with van der Waals surface area (Å²) in [6, 6.07) is 12.6. The maximum atomic E-state index is 13.2. The Morgan fingerprint density at radius 2 is 2.07 bits per heavy atom. The minimum Gasteiger partial charge on any atom is -0.467 e. The Labute approximate surface area is 176 Å². The van der Waals surface area contributed by atoms with Crippen molar-refractivity contribution < 1.29 is 13.9 Å². The molecule has 7 heteroatoms. The number of hydrogen-bond acceptors (Lipinski definition) is 6. The third kappa shape index (κ3) is 3.71. The lowest BCUT2D eigenvalue weighted by Crippen LogP contribution is -2.39. The van der Waals surface area contributed by atoms with Crippen LogP contribution in [0.4, 0.5) is 0 Å². The largest absolute Gasteiger partial charge is 0.467 e. The number of aromatic nitrogens is 1. The zero-order valence-electron chi connectivity index (χ0n) is 16.6. The number of carbonyl (C=O) groups is 1. The molecule has 0 radical (unpaired) electrons. The van der Waals surface area contributed by atoms with Gasteiger partial charge < -0.3 is 9.15 Å². The van der Waals surface area contributed by atoms with Gasteiger partial charge in [-0.2, -0.15) is 0 Å². The Bertz CT molecular complexity index is 1300. The molecule has 1 aliphatic heterocycles. The summed E-state index contributed by atoms with van der Waals surface area (Å²) >= 11 is 1.28. The fourth-order valence-corrected chi connectivity index (χ4v) is 4.33. The first-order valence-electron chi connectivity index (χ1n) is 9.55. The highest BCUT2D eigenvalue weighted by Gasteiger charge is 2.34. The van der Waals surface area contributed by atoms with Crippen molar-refractivity contribution >= 4 is 29.5 Å². The van der Waals surface area contributed by atoms with Crippen LogP contribution < -0.4 is 14.9 Å². The van der Waals surface area contributed by atoms with E-state index < -0.39 is 12.0 Å². The van der Waals surface area contributed by atoms with Crippen molar-refractivity contribution in [2.45, 2.75) is 19.9 Å². The van der Waals surface area contributed by atoms with Crippen molar-refractivity contribution in [2.24, 2.45) is 4.99 Å². The summed E-state index contributed by atoms with van der Waals surface area (Å²) in [6.07, 6.45) is 7.05. The van der Waals surface area contributed by atoms with E-state index in [0.717, 1.165) is 5.56 Å². The van der Waals surface area contributed by atoms with Gasteiger partial charge in [0.15, 0.2) is 4.80 Å². The first-order valence-corrected chi connectivity index (χ1v) is 10.4. The van der Waals surface area contributed by atoms with Crippen molar-refractivity contribution in [2.75, 3.05) is 6.61 Å². The standard InChI is InChI=1S/C23H20N2O4S/c1-3-28-22(27)19-15(2)24-23-25(20(19)17-12-8-14-29-17)21(26)18(30-23)13-7-11-16-9-5-4-6-10-16/h4-14,20H,3H2,1-2H3/b11-7+,18-13+/t20-/m1/s1. The van der Waals surface area contributed by atoms with Gasteiger partial charge in [-0.1, -0.05) is 53.8 Å². The van der Waals surface area contributed by atoms with Gasteiger partial charge in [0.2, 0.25) is 0 Å². The highest BCUT2D eigenvalue weighted by molar-refractivity contribution is 7.07. The van der Waals surface area contributed by atoms with Crippen LogP contribution >= 0.6 is 11.3 Å². The van der Waals surface area contributed by atoms with Gasteiger partial charge in [-0.15, -0.1) is 0 Å². The fourth-order valence-electron chi connectivity index (χ4n) is 3.33. The molecule has 3 aromatic rings. The molecule has 0 fully saturated rings. The van der Waals surface area contributed by atoms with E-state index in [0.29, 0.717) is 26.4 Å². The molecular weight excluding hydrogens is 400 g/mol. The Morgan fingerprint density at radius 1 is 1.27 bits per heavy atom. The molecular formula is C23H20N2O4S. The highest BCUT2D eigenvalue weighted by Crippen LogP contribution is 2.30. The van der Waals surface area contributed by atoms with Crippen LogP contribution in [0, 0.1) is 0 Å². The van der Waals surface area contributed by atoms with E-state index in [1.54, 1.807) is 32.1 Å². The molecule has 1 atom stereocenters. The summed E-state index contributed by atoms with van der Waals surface area (Å²) in [7, 11) is 0. The van der Waals surface area contributed by atoms with Gasteiger partial charge in [-0.25, -0.2) is 9.79 Å². The maximum Gasteiger partial charge on any atom is 0.338 e. The van der Waals surface area contributed by atoms with Gasteiger partial charge in [0.1, 0.15) is 11.8 Å². The Kier molecular flexibility index (Phi) is 5.63. The number of furan rings is 1. The van der Waals surface area contributed by atoms with Crippen LogP contribution in [-0.4, -0.2) is 17.1 Å². The molecule has 3 heterocycles. The van der Waals surface area contributed by atoms with E-state index in [4.69, 9.17) is 9.15 Å². The van der Waals surface area contributed by atoms with Gasteiger partial charge >= 0.3 is 5.97 Å². The fraction of sp³-hybridized carbons (Fsp3) is 0.174. The smallest absolute Gasteiger partial charge is 0.338 e. The van der Waals surface area contributed by atoms with Crippen LogP contribution in [0.5, 0.6) is 0 Å². The van der Waals surface area contributed by atoms with Crippen LogP contribution in [-0.2, 0) is 9.53 Å². The third-order valence-electron chi connectivity index (χ3n) is 4.67. The van der Waals surface area contributed by atoms with Crippen LogP contribution in [0.1, 0.15) is 31.2 Å². The zero-order chi connectivity index (χ0) is 21.1. The van der Waals surface area contributed by atoms with Crippen molar-refractivity contribution in [3.8, 4) is 0 Å². The minimum atomic E-state index is -0.712. The molecule has 0 aliphatic carbocycles. The molecule has 0 saturated carbocycles. The second kappa shape index (κ2) is 8.51. The average molecular weight is 420 g/mol. The van der Waals surface area contributed by atoms with E-state index in [9.17, 15) is 9.59 Å². The van der Waals surface area contributed by atoms with E-state index in [1.165, 1.54) is 22.2 Å². The molecule has 6 nitrogen and oxygen atoms in total. The lowest BCUT2D eigenvalue weighted by atomic mass is 10.0. The lowest BCUT2D eigenvalue weighted by Gasteiger charge is -2.22. The predicted octanol–water partition coefficient (Wildman–Crippen LogP) is 3.06. The van der Waals surface area contributed by atoms with Gasteiger partial charge in [0, 0.05) is 0 Å². The second-order valence-electron chi connectivity index (χ2n) is 6.61. The summed E-state index contributed by atoms with van der Waals surface area (Å²) in [4.78, 5) is 30.9. The molecule has 0 bridgehead atoms. The monoisotopic (exact) mass is 420 g/mol. The molecule has 2 aromatic heterocycles.